The number of hydrogen-bond donors (Lipinski definition) is 3. The van der Waals surface area contributed by atoms with E-state index in [1.807, 2.05) is 0 Å². The molecule has 0 spiro atoms. The second-order valence-electron chi connectivity index (χ2n) is 3.28. The number of sulfonamides is 1. The second-order valence-corrected chi connectivity index (χ2v) is 5.37. The molecule has 0 aliphatic carbocycles. The minimum Gasteiger partial charge on any atom is -0.398 e. The minimum atomic E-state index is -3.64. The summed E-state index contributed by atoms with van der Waals surface area (Å²) in [5, 5.41) is 6.29. The fourth-order valence-electron chi connectivity index (χ4n) is 1.19. The molecule has 8 heteroatoms. The van der Waals surface area contributed by atoms with E-state index >= 15 is 0 Å². The van der Waals surface area contributed by atoms with Gasteiger partial charge in [0.2, 0.25) is 0 Å². The van der Waals surface area contributed by atoms with Crippen molar-refractivity contribution >= 4 is 33.0 Å². The highest BCUT2D eigenvalue weighted by molar-refractivity contribution is 7.92. The van der Waals surface area contributed by atoms with Gasteiger partial charge < -0.3 is 5.73 Å². The van der Waals surface area contributed by atoms with Crippen LogP contribution < -0.4 is 10.5 Å². The van der Waals surface area contributed by atoms with Crippen molar-refractivity contribution in [1.29, 1.82) is 0 Å². The van der Waals surface area contributed by atoms with Crippen molar-refractivity contribution in [3.8, 4) is 0 Å². The number of benzene rings is 1. The molecule has 2 rings (SSSR count). The Kier molecular flexibility index (Phi) is 2.95. The lowest BCUT2D eigenvalue weighted by molar-refractivity contribution is 0.601. The highest BCUT2D eigenvalue weighted by atomic mass is 35.5. The molecular formula is C9H9ClN4O2S. The van der Waals surface area contributed by atoms with Crippen LogP contribution in [-0.4, -0.2) is 18.6 Å². The molecule has 1 heterocycles. The Hall–Kier alpha value is -1.73. The van der Waals surface area contributed by atoms with Gasteiger partial charge in [0.1, 0.15) is 4.90 Å². The largest absolute Gasteiger partial charge is 0.398 e. The molecule has 2 aromatic rings. The maximum atomic E-state index is 11.8. The summed E-state index contributed by atoms with van der Waals surface area (Å²) in [5.41, 5.74) is 6.25. The average Bonchev–Trinajstić information content (AvgIpc) is 2.77. The molecule has 0 amide bonds. The van der Waals surface area contributed by atoms with E-state index in [1.165, 1.54) is 30.6 Å². The number of anilines is 2. The van der Waals surface area contributed by atoms with E-state index < -0.39 is 10.0 Å². The van der Waals surface area contributed by atoms with Crippen LogP contribution in [-0.2, 0) is 10.0 Å². The number of hydrogen-bond acceptors (Lipinski definition) is 4. The predicted molar refractivity (Wildman–Crippen MR) is 65.3 cm³/mol. The topological polar surface area (TPSA) is 101 Å². The van der Waals surface area contributed by atoms with Gasteiger partial charge in [-0.1, -0.05) is 11.6 Å². The van der Waals surface area contributed by atoms with Crippen LogP contribution >= 0.6 is 11.6 Å². The maximum Gasteiger partial charge on any atom is 0.265 e. The van der Waals surface area contributed by atoms with Crippen molar-refractivity contribution in [2.75, 3.05) is 10.5 Å². The average molecular weight is 273 g/mol. The summed E-state index contributed by atoms with van der Waals surface area (Å²) in [6, 6.07) is 4.49. The van der Waals surface area contributed by atoms with Gasteiger partial charge in [0.25, 0.3) is 10.0 Å². The molecule has 0 aliphatic rings. The van der Waals surface area contributed by atoms with Crippen LogP contribution in [0.15, 0.2) is 35.5 Å². The van der Waals surface area contributed by atoms with Crippen molar-refractivity contribution in [3.05, 3.63) is 35.6 Å². The molecule has 4 N–H and O–H groups in total. The zero-order chi connectivity index (χ0) is 12.5. The number of rotatable bonds is 3. The third kappa shape index (κ3) is 2.51. The summed E-state index contributed by atoms with van der Waals surface area (Å²) in [6.07, 6.45) is 2.49. The van der Waals surface area contributed by atoms with E-state index in [4.69, 9.17) is 17.3 Å². The Morgan fingerprint density at radius 3 is 2.76 bits per heavy atom. The number of nitrogens with two attached hydrogens (primary N) is 1. The molecule has 0 bridgehead atoms. The predicted octanol–water partition coefficient (Wildman–Crippen LogP) is 1.45. The number of nitrogen functional groups attached to an aromatic ring is 1. The van der Waals surface area contributed by atoms with Gasteiger partial charge in [-0.3, -0.25) is 9.82 Å². The fourth-order valence-corrected chi connectivity index (χ4v) is 2.33. The molecule has 1 aromatic carbocycles. The van der Waals surface area contributed by atoms with Crippen LogP contribution in [0.25, 0.3) is 0 Å². The van der Waals surface area contributed by atoms with Crippen molar-refractivity contribution in [1.82, 2.24) is 10.2 Å². The standard InChI is InChI=1S/C9H9ClN4O2S/c10-8-3-6(1-2-9(8)11)14-17(15,16)7-4-12-13-5-7/h1-5,14H,11H2,(H,12,13). The molecule has 0 atom stereocenters. The Bertz CT molecular complexity index is 624. The Labute approximate surface area is 103 Å². The van der Waals surface area contributed by atoms with Gasteiger partial charge in [-0.25, -0.2) is 8.42 Å². The molecule has 0 radical (unpaired) electrons. The summed E-state index contributed by atoms with van der Waals surface area (Å²) in [5.74, 6) is 0. The number of aromatic nitrogens is 2. The van der Waals surface area contributed by atoms with Crippen LogP contribution in [0.4, 0.5) is 11.4 Å². The van der Waals surface area contributed by atoms with Crippen molar-refractivity contribution < 1.29 is 8.42 Å². The van der Waals surface area contributed by atoms with E-state index in [2.05, 4.69) is 14.9 Å². The van der Waals surface area contributed by atoms with E-state index in [1.54, 1.807) is 0 Å². The molecule has 90 valence electrons. The number of aromatic amines is 1. The molecule has 0 aliphatic heterocycles. The summed E-state index contributed by atoms with van der Waals surface area (Å²) in [7, 11) is -3.64. The second kappa shape index (κ2) is 4.27. The Morgan fingerprint density at radius 2 is 2.18 bits per heavy atom. The van der Waals surface area contributed by atoms with Crippen LogP contribution in [0.1, 0.15) is 0 Å². The third-order valence-corrected chi connectivity index (χ3v) is 3.71. The van der Waals surface area contributed by atoms with E-state index in [0.29, 0.717) is 11.4 Å². The Balaban J connectivity index is 2.30. The first-order valence-electron chi connectivity index (χ1n) is 4.56. The van der Waals surface area contributed by atoms with Crippen molar-refractivity contribution in [2.24, 2.45) is 0 Å². The number of nitrogens with zero attached hydrogens (tertiary/aromatic N) is 1. The highest BCUT2D eigenvalue weighted by Gasteiger charge is 2.15. The lowest BCUT2D eigenvalue weighted by Crippen LogP contribution is -2.12. The van der Waals surface area contributed by atoms with Crippen LogP contribution in [0.2, 0.25) is 5.02 Å². The first-order chi connectivity index (χ1) is 7.99. The number of halogens is 1. The summed E-state index contributed by atoms with van der Waals surface area (Å²) >= 11 is 5.79. The van der Waals surface area contributed by atoms with Gasteiger partial charge in [-0.15, -0.1) is 0 Å². The maximum absolute atomic E-state index is 11.8. The zero-order valence-corrected chi connectivity index (χ0v) is 10.1. The van der Waals surface area contributed by atoms with Gasteiger partial charge in [0.15, 0.2) is 0 Å². The first-order valence-corrected chi connectivity index (χ1v) is 6.42. The van der Waals surface area contributed by atoms with E-state index in [9.17, 15) is 8.42 Å². The molecule has 17 heavy (non-hydrogen) atoms. The van der Waals surface area contributed by atoms with Crippen molar-refractivity contribution in [3.63, 3.8) is 0 Å². The fraction of sp³-hybridized carbons (Fsp3) is 0. The smallest absolute Gasteiger partial charge is 0.265 e. The molecule has 0 fully saturated rings. The van der Waals surface area contributed by atoms with E-state index in [0.717, 1.165) is 0 Å². The zero-order valence-electron chi connectivity index (χ0n) is 8.51. The Morgan fingerprint density at radius 1 is 1.41 bits per heavy atom. The molecule has 0 unspecified atom stereocenters. The minimum absolute atomic E-state index is 0.0467. The lowest BCUT2D eigenvalue weighted by atomic mass is 10.3. The first kappa shape index (κ1) is 11.7. The molecule has 0 saturated carbocycles. The third-order valence-electron chi connectivity index (χ3n) is 2.04. The van der Waals surface area contributed by atoms with Gasteiger partial charge >= 0.3 is 0 Å². The van der Waals surface area contributed by atoms with Crippen LogP contribution in [0.5, 0.6) is 0 Å². The van der Waals surface area contributed by atoms with Crippen LogP contribution in [0.3, 0.4) is 0 Å². The highest BCUT2D eigenvalue weighted by Crippen LogP contribution is 2.24. The van der Waals surface area contributed by atoms with Gasteiger partial charge in [-0.05, 0) is 18.2 Å². The van der Waals surface area contributed by atoms with Gasteiger partial charge in [0, 0.05) is 6.20 Å². The quantitative estimate of drug-likeness (QED) is 0.736. The molecule has 0 saturated heterocycles. The lowest BCUT2D eigenvalue weighted by Gasteiger charge is -2.07. The number of H-pyrrole nitrogens is 1. The summed E-state index contributed by atoms with van der Waals surface area (Å²) in [4.78, 5) is 0.0467. The molecule has 6 nitrogen and oxygen atoms in total. The summed E-state index contributed by atoms with van der Waals surface area (Å²) in [6.45, 7) is 0. The van der Waals surface area contributed by atoms with Gasteiger partial charge in [0.05, 0.1) is 22.6 Å². The summed E-state index contributed by atoms with van der Waals surface area (Å²) < 4.78 is 26.0. The van der Waals surface area contributed by atoms with Gasteiger partial charge in [-0.2, -0.15) is 5.10 Å². The molecular weight excluding hydrogens is 264 g/mol. The normalized spacial score (nSPS) is 11.4. The SMILES string of the molecule is Nc1ccc(NS(=O)(=O)c2cn[nH]c2)cc1Cl. The van der Waals surface area contributed by atoms with Crippen LogP contribution in [0, 0.1) is 0 Å². The van der Waals surface area contributed by atoms with Crippen molar-refractivity contribution in [2.45, 2.75) is 4.90 Å². The number of nitrogens with one attached hydrogen (secondary N) is 2. The molecule has 1 aromatic heterocycles. The monoisotopic (exact) mass is 272 g/mol. The van der Waals surface area contributed by atoms with E-state index in [-0.39, 0.29) is 9.92 Å².